The van der Waals surface area contributed by atoms with Crippen LogP contribution in [0, 0.1) is 10.1 Å². The predicted molar refractivity (Wildman–Crippen MR) is 137 cm³/mol. The molecule has 196 valence electrons. The SMILES string of the molecule is COc1ccc(N2CCN(Cc3ccc(OC[C@@]4(C)Cn5cc([N+](=O)[O-])nc5O4)cc3)CC2)cc1OC. The van der Waals surface area contributed by atoms with Crippen molar-refractivity contribution in [3.05, 3.63) is 64.3 Å². The van der Waals surface area contributed by atoms with Crippen LogP contribution < -0.4 is 23.8 Å². The molecule has 5 rings (SSSR count). The molecule has 3 heterocycles. The molecule has 1 atom stereocenters. The summed E-state index contributed by atoms with van der Waals surface area (Å²) in [7, 11) is 3.30. The van der Waals surface area contributed by atoms with E-state index in [0.29, 0.717) is 13.2 Å². The minimum absolute atomic E-state index is 0.212. The highest BCUT2D eigenvalue weighted by Crippen LogP contribution is 2.33. The molecular formula is C26H31N5O6. The molecule has 11 nitrogen and oxygen atoms in total. The molecular weight excluding hydrogens is 478 g/mol. The minimum Gasteiger partial charge on any atom is -0.493 e. The van der Waals surface area contributed by atoms with Gasteiger partial charge in [0.25, 0.3) is 0 Å². The number of rotatable bonds is 9. The van der Waals surface area contributed by atoms with Gasteiger partial charge in [0, 0.05) is 49.5 Å². The third kappa shape index (κ3) is 5.41. The second-order valence-electron chi connectivity index (χ2n) is 9.55. The lowest BCUT2D eigenvalue weighted by molar-refractivity contribution is -0.389. The Hall–Kier alpha value is -3.99. The van der Waals surface area contributed by atoms with Crippen molar-refractivity contribution in [1.82, 2.24) is 14.5 Å². The molecule has 11 heteroatoms. The molecule has 0 aliphatic carbocycles. The van der Waals surface area contributed by atoms with E-state index >= 15 is 0 Å². The van der Waals surface area contributed by atoms with Gasteiger partial charge in [-0.15, -0.1) is 0 Å². The molecule has 2 aliphatic heterocycles. The lowest BCUT2D eigenvalue weighted by atomic mass is 10.1. The van der Waals surface area contributed by atoms with Crippen molar-refractivity contribution in [3.63, 3.8) is 0 Å². The quantitative estimate of drug-likeness (QED) is 0.317. The molecule has 0 spiro atoms. The van der Waals surface area contributed by atoms with Gasteiger partial charge in [-0.1, -0.05) is 12.1 Å². The highest BCUT2D eigenvalue weighted by molar-refractivity contribution is 5.56. The van der Waals surface area contributed by atoms with Crippen LogP contribution in [0.4, 0.5) is 11.5 Å². The van der Waals surface area contributed by atoms with Crippen LogP contribution in [0.15, 0.2) is 48.7 Å². The summed E-state index contributed by atoms with van der Waals surface area (Å²) in [5, 5.41) is 10.9. The zero-order valence-corrected chi connectivity index (χ0v) is 21.3. The Bertz CT molecular complexity index is 1230. The first-order valence-electron chi connectivity index (χ1n) is 12.2. The molecule has 0 N–H and O–H groups in total. The summed E-state index contributed by atoms with van der Waals surface area (Å²) in [6, 6.07) is 14.4. The molecule has 2 aromatic carbocycles. The molecule has 0 radical (unpaired) electrons. The zero-order chi connectivity index (χ0) is 26.0. The van der Waals surface area contributed by atoms with E-state index in [1.54, 1.807) is 18.8 Å². The average Bonchev–Trinajstić information content (AvgIpc) is 3.44. The van der Waals surface area contributed by atoms with Gasteiger partial charge in [-0.25, -0.2) is 0 Å². The van der Waals surface area contributed by atoms with E-state index in [1.807, 2.05) is 31.2 Å². The van der Waals surface area contributed by atoms with Crippen molar-refractivity contribution in [1.29, 1.82) is 0 Å². The predicted octanol–water partition coefficient (Wildman–Crippen LogP) is 3.36. The fourth-order valence-electron chi connectivity index (χ4n) is 4.73. The van der Waals surface area contributed by atoms with Gasteiger partial charge in [-0.3, -0.25) is 9.47 Å². The standard InChI is InChI=1S/C26H31N5O6/c1-26(17-30-16-24(31(32)33)27-25(30)37-26)18-36-21-7-4-19(5-8-21)15-28-10-12-29(13-11-28)20-6-9-22(34-2)23(14-20)35-3/h4-9,14,16H,10-13,15,17-18H2,1-3H3/t26-/m1/s1. The number of hydrogen-bond acceptors (Lipinski definition) is 9. The maximum atomic E-state index is 10.9. The maximum Gasteiger partial charge on any atom is 0.415 e. The Morgan fingerprint density at radius 3 is 2.43 bits per heavy atom. The molecule has 0 bridgehead atoms. The van der Waals surface area contributed by atoms with E-state index in [1.165, 1.54) is 11.8 Å². The highest BCUT2D eigenvalue weighted by atomic mass is 16.6. The second kappa shape index (κ2) is 10.2. The van der Waals surface area contributed by atoms with E-state index in [9.17, 15) is 10.1 Å². The number of piperazine rings is 1. The van der Waals surface area contributed by atoms with Crippen LogP contribution in [-0.4, -0.2) is 72.0 Å². The zero-order valence-electron chi connectivity index (χ0n) is 21.3. The second-order valence-corrected chi connectivity index (χ2v) is 9.55. The molecule has 1 fully saturated rings. The molecule has 1 aromatic heterocycles. The van der Waals surface area contributed by atoms with Crippen molar-refractivity contribution in [2.24, 2.45) is 0 Å². The smallest absolute Gasteiger partial charge is 0.415 e. The number of hydrogen-bond donors (Lipinski definition) is 0. The van der Waals surface area contributed by atoms with Crippen LogP contribution in [0.25, 0.3) is 0 Å². The van der Waals surface area contributed by atoms with Gasteiger partial charge in [0.2, 0.25) is 0 Å². The summed E-state index contributed by atoms with van der Waals surface area (Å²) in [4.78, 5) is 19.1. The summed E-state index contributed by atoms with van der Waals surface area (Å²) >= 11 is 0. The Morgan fingerprint density at radius 1 is 1.05 bits per heavy atom. The van der Waals surface area contributed by atoms with Gasteiger partial charge in [0.05, 0.1) is 20.8 Å². The van der Waals surface area contributed by atoms with Gasteiger partial charge in [-0.2, -0.15) is 0 Å². The van der Waals surface area contributed by atoms with Gasteiger partial charge >= 0.3 is 11.8 Å². The maximum absolute atomic E-state index is 10.9. The number of nitrogens with zero attached hydrogens (tertiary/aromatic N) is 5. The Morgan fingerprint density at radius 2 is 1.78 bits per heavy atom. The molecule has 2 aliphatic rings. The molecule has 0 unspecified atom stereocenters. The Kier molecular flexibility index (Phi) is 6.79. The molecule has 0 amide bonds. The lowest BCUT2D eigenvalue weighted by Crippen LogP contribution is -2.45. The summed E-state index contributed by atoms with van der Waals surface area (Å²) in [5.41, 5.74) is 1.73. The van der Waals surface area contributed by atoms with Crippen molar-refractivity contribution in [2.45, 2.75) is 25.6 Å². The van der Waals surface area contributed by atoms with Gasteiger partial charge in [0.15, 0.2) is 17.1 Å². The van der Waals surface area contributed by atoms with E-state index in [0.717, 1.165) is 55.7 Å². The largest absolute Gasteiger partial charge is 0.493 e. The van der Waals surface area contributed by atoms with E-state index in [-0.39, 0.29) is 11.8 Å². The number of aromatic nitrogens is 2. The van der Waals surface area contributed by atoms with Gasteiger partial charge < -0.3 is 34.0 Å². The number of nitro groups is 1. The number of benzene rings is 2. The number of fused-ring (bicyclic) bond motifs is 1. The Balaban J connectivity index is 1.09. The van der Waals surface area contributed by atoms with Gasteiger partial charge in [0.1, 0.15) is 18.6 Å². The van der Waals surface area contributed by atoms with E-state index in [4.69, 9.17) is 18.9 Å². The third-order valence-electron chi connectivity index (χ3n) is 6.74. The van der Waals surface area contributed by atoms with Crippen molar-refractivity contribution in [3.8, 4) is 23.3 Å². The fourth-order valence-corrected chi connectivity index (χ4v) is 4.73. The lowest BCUT2D eigenvalue weighted by Gasteiger charge is -2.36. The monoisotopic (exact) mass is 509 g/mol. The number of anilines is 1. The first kappa shape index (κ1) is 24.7. The topological polar surface area (TPSA) is 104 Å². The molecule has 3 aromatic rings. The van der Waals surface area contributed by atoms with Crippen LogP contribution in [-0.2, 0) is 13.1 Å². The minimum atomic E-state index is -0.635. The number of ether oxygens (including phenoxy) is 4. The van der Waals surface area contributed by atoms with Crippen LogP contribution in [0.3, 0.4) is 0 Å². The van der Waals surface area contributed by atoms with Gasteiger partial charge in [-0.05, 0) is 41.7 Å². The molecule has 37 heavy (non-hydrogen) atoms. The number of methoxy groups -OCH3 is 2. The van der Waals surface area contributed by atoms with Crippen LogP contribution in [0.5, 0.6) is 23.3 Å². The van der Waals surface area contributed by atoms with E-state index in [2.05, 4.69) is 33.0 Å². The third-order valence-corrected chi connectivity index (χ3v) is 6.74. The van der Waals surface area contributed by atoms with Crippen molar-refractivity contribution >= 4 is 11.5 Å². The fraction of sp³-hybridized carbons (Fsp3) is 0.423. The molecule has 0 saturated carbocycles. The average molecular weight is 510 g/mol. The number of imidazole rings is 1. The van der Waals surface area contributed by atoms with Crippen LogP contribution in [0.2, 0.25) is 0 Å². The summed E-state index contributed by atoms with van der Waals surface area (Å²) in [5.74, 6) is 2.02. The summed E-state index contributed by atoms with van der Waals surface area (Å²) in [6.07, 6.45) is 1.39. The summed E-state index contributed by atoms with van der Waals surface area (Å²) < 4.78 is 24.3. The Labute approximate surface area is 215 Å². The first-order valence-corrected chi connectivity index (χ1v) is 12.2. The first-order chi connectivity index (χ1) is 17.9. The highest BCUT2D eigenvalue weighted by Gasteiger charge is 2.41. The van der Waals surface area contributed by atoms with Crippen LogP contribution in [0.1, 0.15) is 12.5 Å². The normalized spacial score (nSPS) is 19.3. The van der Waals surface area contributed by atoms with Crippen LogP contribution >= 0.6 is 0 Å². The van der Waals surface area contributed by atoms with E-state index < -0.39 is 10.5 Å². The van der Waals surface area contributed by atoms with Crippen molar-refractivity contribution in [2.75, 3.05) is 51.9 Å². The van der Waals surface area contributed by atoms with Crippen molar-refractivity contribution < 1.29 is 23.9 Å². The molecule has 1 saturated heterocycles. The summed E-state index contributed by atoms with van der Waals surface area (Å²) in [6.45, 7) is 7.35.